The van der Waals surface area contributed by atoms with Crippen LogP contribution in [0.4, 0.5) is 5.69 Å². The highest BCUT2D eigenvalue weighted by atomic mass is 16.7. The molecule has 1 aliphatic heterocycles. The Balaban J connectivity index is 1.65. The van der Waals surface area contributed by atoms with Crippen LogP contribution < -0.4 is 19.7 Å². The molecule has 0 bridgehead atoms. The molecule has 0 radical (unpaired) electrons. The molecule has 2 amide bonds. The second-order valence-electron chi connectivity index (χ2n) is 5.41. The third kappa shape index (κ3) is 3.65. The van der Waals surface area contributed by atoms with Gasteiger partial charge in [0.2, 0.25) is 18.6 Å². The Morgan fingerprint density at radius 1 is 1.08 bits per heavy atom. The zero-order valence-corrected chi connectivity index (χ0v) is 13.3. The fourth-order valence-corrected chi connectivity index (χ4v) is 2.43. The van der Waals surface area contributed by atoms with Gasteiger partial charge in [-0.05, 0) is 17.7 Å². The van der Waals surface area contributed by atoms with Crippen LogP contribution in [0.1, 0.15) is 12.5 Å². The van der Waals surface area contributed by atoms with E-state index in [1.54, 1.807) is 18.2 Å². The monoisotopic (exact) mass is 326 g/mol. The summed E-state index contributed by atoms with van der Waals surface area (Å²) in [4.78, 5) is 25.5. The molecule has 0 saturated carbocycles. The molecule has 2 aromatic rings. The molecular formula is C18H18N2O4. The topological polar surface area (TPSA) is 67.9 Å². The fraction of sp³-hybridized carbons (Fsp3) is 0.222. The number of nitrogens with one attached hydrogen (secondary N) is 1. The van der Waals surface area contributed by atoms with Crippen molar-refractivity contribution >= 4 is 17.5 Å². The van der Waals surface area contributed by atoms with Gasteiger partial charge in [-0.3, -0.25) is 9.59 Å². The predicted molar refractivity (Wildman–Crippen MR) is 88.9 cm³/mol. The molecule has 2 aromatic carbocycles. The average molecular weight is 326 g/mol. The lowest BCUT2D eigenvalue weighted by Gasteiger charge is -2.21. The third-order valence-corrected chi connectivity index (χ3v) is 3.68. The number of fused-ring (bicyclic) bond motifs is 1. The van der Waals surface area contributed by atoms with Crippen LogP contribution >= 0.6 is 0 Å². The van der Waals surface area contributed by atoms with Gasteiger partial charge < -0.3 is 19.7 Å². The molecule has 1 aliphatic rings. The molecule has 1 N–H and O–H groups in total. The van der Waals surface area contributed by atoms with E-state index in [1.165, 1.54) is 11.8 Å². The van der Waals surface area contributed by atoms with Crippen LogP contribution in [0.2, 0.25) is 0 Å². The maximum Gasteiger partial charge on any atom is 0.240 e. The molecule has 0 atom stereocenters. The summed E-state index contributed by atoms with van der Waals surface area (Å²) in [6.07, 6.45) is 0. The summed E-state index contributed by atoms with van der Waals surface area (Å²) in [6, 6.07) is 14.8. The largest absolute Gasteiger partial charge is 0.454 e. The van der Waals surface area contributed by atoms with Crippen molar-refractivity contribution < 1.29 is 19.1 Å². The number of hydrogen-bond acceptors (Lipinski definition) is 4. The Morgan fingerprint density at radius 3 is 2.58 bits per heavy atom. The fourth-order valence-electron chi connectivity index (χ4n) is 2.43. The summed E-state index contributed by atoms with van der Waals surface area (Å²) < 4.78 is 10.6. The summed E-state index contributed by atoms with van der Waals surface area (Å²) in [7, 11) is 0. The maximum atomic E-state index is 12.2. The van der Waals surface area contributed by atoms with E-state index in [1.807, 2.05) is 30.3 Å². The first kappa shape index (κ1) is 15.9. The molecule has 0 aliphatic carbocycles. The van der Waals surface area contributed by atoms with E-state index in [9.17, 15) is 9.59 Å². The molecule has 24 heavy (non-hydrogen) atoms. The minimum atomic E-state index is -0.230. The van der Waals surface area contributed by atoms with Crippen LogP contribution in [0, 0.1) is 0 Å². The Bertz CT molecular complexity index is 746. The van der Waals surface area contributed by atoms with Crippen LogP contribution in [0.5, 0.6) is 11.5 Å². The zero-order valence-electron chi connectivity index (χ0n) is 13.3. The van der Waals surface area contributed by atoms with Crippen LogP contribution in [0.15, 0.2) is 48.5 Å². The molecule has 0 spiro atoms. The number of benzene rings is 2. The van der Waals surface area contributed by atoms with E-state index in [2.05, 4.69) is 5.32 Å². The first-order valence-electron chi connectivity index (χ1n) is 7.62. The maximum absolute atomic E-state index is 12.2. The van der Waals surface area contributed by atoms with Gasteiger partial charge in [0, 0.05) is 25.2 Å². The van der Waals surface area contributed by atoms with Crippen molar-refractivity contribution in [2.24, 2.45) is 0 Å². The Kier molecular flexibility index (Phi) is 4.65. The van der Waals surface area contributed by atoms with E-state index in [4.69, 9.17) is 9.47 Å². The minimum Gasteiger partial charge on any atom is -0.454 e. The number of rotatable bonds is 5. The number of amides is 2. The second-order valence-corrected chi connectivity index (χ2v) is 5.41. The SMILES string of the molecule is CC(=O)N(CC(=O)NCc1ccccc1)c1ccc2c(c1)OCO2. The summed E-state index contributed by atoms with van der Waals surface area (Å²) >= 11 is 0. The van der Waals surface area contributed by atoms with Crippen molar-refractivity contribution in [2.45, 2.75) is 13.5 Å². The van der Waals surface area contributed by atoms with E-state index in [0.29, 0.717) is 23.7 Å². The van der Waals surface area contributed by atoms with Crippen LogP contribution in [-0.2, 0) is 16.1 Å². The predicted octanol–water partition coefficient (Wildman–Crippen LogP) is 2.08. The van der Waals surface area contributed by atoms with Gasteiger partial charge in [-0.15, -0.1) is 0 Å². The van der Waals surface area contributed by atoms with Crippen molar-refractivity contribution in [1.29, 1.82) is 0 Å². The van der Waals surface area contributed by atoms with E-state index in [0.717, 1.165) is 5.56 Å². The van der Waals surface area contributed by atoms with Crippen LogP contribution in [-0.4, -0.2) is 25.2 Å². The standard InChI is InChI=1S/C18H18N2O4/c1-13(21)20(15-7-8-16-17(9-15)24-12-23-16)11-18(22)19-10-14-5-3-2-4-6-14/h2-9H,10-12H2,1H3,(H,19,22). The lowest BCUT2D eigenvalue weighted by Crippen LogP contribution is -2.39. The van der Waals surface area contributed by atoms with Gasteiger partial charge in [0.15, 0.2) is 11.5 Å². The highest BCUT2D eigenvalue weighted by molar-refractivity contribution is 5.97. The first-order valence-corrected chi connectivity index (χ1v) is 7.62. The third-order valence-electron chi connectivity index (χ3n) is 3.68. The summed E-state index contributed by atoms with van der Waals surface area (Å²) in [5.41, 5.74) is 1.60. The van der Waals surface area contributed by atoms with E-state index in [-0.39, 0.29) is 25.2 Å². The zero-order chi connectivity index (χ0) is 16.9. The quantitative estimate of drug-likeness (QED) is 0.913. The number of nitrogens with zero attached hydrogens (tertiary/aromatic N) is 1. The van der Waals surface area contributed by atoms with Crippen molar-refractivity contribution in [2.75, 3.05) is 18.2 Å². The van der Waals surface area contributed by atoms with Crippen molar-refractivity contribution in [3.05, 3.63) is 54.1 Å². The molecule has 0 saturated heterocycles. The summed E-state index contributed by atoms with van der Waals surface area (Å²) in [5, 5.41) is 2.82. The Labute approximate surface area is 140 Å². The molecule has 1 heterocycles. The van der Waals surface area contributed by atoms with Gasteiger partial charge in [-0.2, -0.15) is 0 Å². The number of hydrogen-bond donors (Lipinski definition) is 1. The van der Waals surface area contributed by atoms with E-state index >= 15 is 0 Å². The molecule has 124 valence electrons. The molecule has 0 aromatic heterocycles. The van der Waals surface area contributed by atoms with Gasteiger partial charge in [0.25, 0.3) is 0 Å². The Morgan fingerprint density at radius 2 is 1.83 bits per heavy atom. The highest BCUT2D eigenvalue weighted by Gasteiger charge is 2.20. The molecular weight excluding hydrogens is 308 g/mol. The lowest BCUT2D eigenvalue weighted by molar-refractivity contribution is -0.123. The molecule has 6 nitrogen and oxygen atoms in total. The normalized spacial score (nSPS) is 11.9. The summed E-state index contributed by atoms with van der Waals surface area (Å²) in [5.74, 6) is 0.759. The molecule has 6 heteroatoms. The number of ether oxygens (including phenoxy) is 2. The van der Waals surface area contributed by atoms with Gasteiger partial charge in [-0.25, -0.2) is 0 Å². The van der Waals surface area contributed by atoms with Gasteiger partial charge in [-0.1, -0.05) is 30.3 Å². The van der Waals surface area contributed by atoms with Gasteiger partial charge in [0.1, 0.15) is 6.54 Å². The van der Waals surface area contributed by atoms with Crippen molar-refractivity contribution in [3.63, 3.8) is 0 Å². The van der Waals surface area contributed by atoms with Crippen molar-refractivity contribution in [3.8, 4) is 11.5 Å². The molecule has 0 unspecified atom stereocenters. The summed E-state index contributed by atoms with van der Waals surface area (Å²) in [6.45, 7) is 1.96. The smallest absolute Gasteiger partial charge is 0.240 e. The molecule has 3 rings (SSSR count). The van der Waals surface area contributed by atoms with Crippen molar-refractivity contribution in [1.82, 2.24) is 5.32 Å². The number of carbonyl (C=O) groups excluding carboxylic acids is 2. The Hall–Kier alpha value is -3.02. The number of anilines is 1. The highest BCUT2D eigenvalue weighted by Crippen LogP contribution is 2.35. The lowest BCUT2D eigenvalue weighted by atomic mass is 10.2. The van der Waals surface area contributed by atoms with Gasteiger partial charge in [0.05, 0.1) is 0 Å². The minimum absolute atomic E-state index is 0.0538. The van der Waals surface area contributed by atoms with Crippen LogP contribution in [0.3, 0.4) is 0 Å². The van der Waals surface area contributed by atoms with Gasteiger partial charge >= 0.3 is 0 Å². The first-order chi connectivity index (χ1) is 11.6. The second kappa shape index (κ2) is 7.04. The van der Waals surface area contributed by atoms with E-state index < -0.39 is 0 Å². The van der Waals surface area contributed by atoms with Crippen LogP contribution in [0.25, 0.3) is 0 Å². The average Bonchev–Trinajstić information content (AvgIpc) is 3.06. The number of carbonyl (C=O) groups is 2. The molecule has 0 fully saturated rings.